The lowest BCUT2D eigenvalue weighted by Crippen LogP contribution is -2.33. The Hall–Kier alpha value is -1.56. The van der Waals surface area contributed by atoms with Crippen molar-refractivity contribution in [3.8, 4) is 0 Å². The first-order valence-corrected chi connectivity index (χ1v) is 6.99. The zero-order valence-corrected chi connectivity index (χ0v) is 12.3. The van der Waals surface area contributed by atoms with E-state index in [1.165, 1.54) is 6.07 Å². The van der Waals surface area contributed by atoms with Crippen molar-refractivity contribution in [2.75, 3.05) is 6.54 Å². The molecule has 1 amide bonds. The summed E-state index contributed by atoms with van der Waals surface area (Å²) in [6.45, 7) is 4.64. The molecule has 118 valence electrons. The molecule has 0 aliphatic heterocycles. The lowest BCUT2D eigenvalue weighted by atomic mass is 10.1. The Balaban J connectivity index is 2.35. The minimum absolute atomic E-state index is 0.0547. The van der Waals surface area contributed by atoms with E-state index in [9.17, 15) is 18.0 Å². The third kappa shape index (κ3) is 6.62. The van der Waals surface area contributed by atoms with E-state index in [1.807, 2.05) is 13.8 Å². The Bertz CT molecular complexity index is 460. The van der Waals surface area contributed by atoms with Crippen LogP contribution in [0.2, 0.25) is 0 Å². The molecule has 0 aliphatic carbocycles. The van der Waals surface area contributed by atoms with Gasteiger partial charge in [0.1, 0.15) is 0 Å². The van der Waals surface area contributed by atoms with Gasteiger partial charge < -0.3 is 10.6 Å². The summed E-state index contributed by atoms with van der Waals surface area (Å²) in [6, 6.07) is 5.31. The molecule has 1 aromatic rings. The number of alkyl halides is 3. The van der Waals surface area contributed by atoms with Crippen LogP contribution in [0.15, 0.2) is 24.3 Å². The number of hydrogen-bond donors (Lipinski definition) is 2. The summed E-state index contributed by atoms with van der Waals surface area (Å²) < 4.78 is 37.6. The predicted molar refractivity (Wildman–Crippen MR) is 75.7 cm³/mol. The van der Waals surface area contributed by atoms with Gasteiger partial charge in [-0.15, -0.1) is 0 Å². The zero-order valence-electron chi connectivity index (χ0n) is 12.3. The van der Waals surface area contributed by atoms with Crippen molar-refractivity contribution >= 4 is 5.91 Å². The molecule has 0 bridgehead atoms. The second-order valence-corrected chi connectivity index (χ2v) is 5.00. The molecule has 6 heteroatoms. The molecule has 0 saturated heterocycles. The van der Waals surface area contributed by atoms with E-state index in [4.69, 9.17) is 0 Å². The summed E-state index contributed by atoms with van der Waals surface area (Å²) >= 11 is 0. The van der Waals surface area contributed by atoms with E-state index >= 15 is 0 Å². The van der Waals surface area contributed by atoms with Gasteiger partial charge in [0.2, 0.25) is 5.91 Å². The third-order valence-electron chi connectivity index (χ3n) is 3.13. The highest BCUT2D eigenvalue weighted by Gasteiger charge is 2.30. The smallest absolute Gasteiger partial charge is 0.354 e. The van der Waals surface area contributed by atoms with Gasteiger partial charge in [-0.25, -0.2) is 0 Å². The van der Waals surface area contributed by atoms with Crippen molar-refractivity contribution in [2.45, 2.75) is 45.5 Å². The van der Waals surface area contributed by atoms with Gasteiger partial charge in [0.05, 0.1) is 5.56 Å². The molecule has 0 radical (unpaired) electrons. The van der Waals surface area contributed by atoms with Crippen LogP contribution < -0.4 is 10.6 Å². The summed E-state index contributed by atoms with van der Waals surface area (Å²) in [5.74, 6) is -0.0547. The topological polar surface area (TPSA) is 41.1 Å². The molecule has 0 spiro atoms. The average molecular weight is 302 g/mol. The number of rotatable bonds is 7. The van der Waals surface area contributed by atoms with Gasteiger partial charge in [-0.2, -0.15) is 13.2 Å². The third-order valence-corrected chi connectivity index (χ3v) is 3.13. The standard InChI is InChI=1S/C15H21F3N2O/c1-3-11(2)20-14(21)7-8-19-10-12-5-4-6-13(9-12)15(16,17)18/h4-6,9,11,19H,3,7-8,10H2,1-2H3,(H,20,21). The van der Waals surface area contributed by atoms with E-state index in [2.05, 4.69) is 10.6 Å². The van der Waals surface area contributed by atoms with Crippen molar-refractivity contribution < 1.29 is 18.0 Å². The van der Waals surface area contributed by atoms with Gasteiger partial charge in [-0.3, -0.25) is 4.79 Å². The normalized spacial score (nSPS) is 13.0. The molecule has 1 unspecified atom stereocenters. The average Bonchev–Trinajstić information content (AvgIpc) is 2.43. The first kappa shape index (κ1) is 17.5. The van der Waals surface area contributed by atoms with Crippen molar-refractivity contribution in [2.24, 2.45) is 0 Å². The van der Waals surface area contributed by atoms with E-state index in [0.29, 0.717) is 25.1 Å². The molecule has 0 aromatic heterocycles. The fourth-order valence-corrected chi connectivity index (χ4v) is 1.74. The van der Waals surface area contributed by atoms with E-state index in [1.54, 1.807) is 6.07 Å². The molecule has 0 saturated carbocycles. The van der Waals surface area contributed by atoms with Gasteiger partial charge in [0.25, 0.3) is 0 Å². The molecule has 0 fully saturated rings. The number of carbonyl (C=O) groups is 1. The highest BCUT2D eigenvalue weighted by molar-refractivity contribution is 5.76. The lowest BCUT2D eigenvalue weighted by molar-refractivity contribution is -0.137. The first-order chi connectivity index (χ1) is 9.82. The van der Waals surface area contributed by atoms with Crippen LogP contribution in [0.5, 0.6) is 0 Å². The summed E-state index contributed by atoms with van der Waals surface area (Å²) in [5, 5.41) is 5.80. The highest BCUT2D eigenvalue weighted by atomic mass is 19.4. The summed E-state index contributed by atoms with van der Waals surface area (Å²) in [7, 11) is 0. The molecule has 1 aromatic carbocycles. The van der Waals surface area contributed by atoms with Gasteiger partial charge in [0, 0.05) is 25.6 Å². The molecular formula is C15H21F3N2O. The molecule has 0 heterocycles. The van der Waals surface area contributed by atoms with Crippen LogP contribution in [0.3, 0.4) is 0 Å². The first-order valence-electron chi connectivity index (χ1n) is 6.99. The van der Waals surface area contributed by atoms with E-state index < -0.39 is 11.7 Å². The summed E-state index contributed by atoms with van der Waals surface area (Å²) in [5.41, 5.74) is -0.108. The monoisotopic (exact) mass is 302 g/mol. The predicted octanol–water partition coefficient (Wildman–Crippen LogP) is 3.10. The Labute approximate surface area is 122 Å². The summed E-state index contributed by atoms with van der Waals surface area (Å²) in [4.78, 5) is 11.5. The highest BCUT2D eigenvalue weighted by Crippen LogP contribution is 2.29. The maximum atomic E-state index is 12.5. The van der Waals surface area contributed by atoms with Crippen molar-refractivity contribution in [3.05, 3.63) is 35.4 Å². The molecule has 0 aliphatic rings. The van der Waals surface area contributed by atoms with Crippen LogP contribution in [0, 0.1) is 0 Å². The van der Waals surface area contributed by atoms with Crippen LogP contribution >= 0.6 is 0 Å². The second-order valence-electron chi connectivity index (χ2n) is 5.00. The fraction of sp³-hybridized carbons (Fsp3) is 0.533. The van der Waals surface area contributed by atoms with Crippen molar-refractivity contribution in [3.63, 3.8) is 0 Å². The van der Waals surface area contributed by atoms with Gasteiger partial charge in [-0.05, 0) is 25.0 Å². The Morgan fingerprint density at radius 2 is 2.05 bits per heavy atom. The Morgan fingerprint density at radius 3 is 2.67 bits per heavy atom. The molecule has 1 atom stereocenters. The Morgan fingerprint density at radius 1 is 1.33 bits per heavy atom. The SMILES string of the molecule is CCC(C)NC(=O)CCNCc1cccc(C(F)(F)F)c1. The van der Waals surface area contributed by atoms with Crippen molar-refractivity contribution in [1.29, 1.82) is 0 Å². The molecular weight excluding hydrogens is 281 g/mol. The zero-order chi connectivity index (χ0) is 15.9. The van der Waals surface area contributed by atoms with Gasteiger partial charge in [0.15, 0.2) is 0 Å². The minimum Gasteiger partial charge on any atom is -0.354 e. The van der Waals surface area contributed by atoms with Crippen LogP contribution in [0.1, 0.15) is 37.8 Å². The number of halogens is 3. The number of benzene rings is 1. The lowest BCUT2D eigenvalue weighted by Gasteiger charge is -2.12. The van der Waals surface area contributed by atoms with E-state index in [0.717, 1.165) is 18.6 Å². The molecule has 2 N–H and O–H groups in total. The Kier molecular flexibility index (Phi) is 6.68. The van der Waals surface area contributed by atoms with Gasteiger partial charge >= 0.3 is 6.18 Å². The summed E-state index contributed by atoms with van der Waals surface area (Å²) in [6.07, 6.45) is -3.15. The van der Waals surface area contributed by atoms with Crippen LogP contribution in [-0.2, 0) is 17.5 Å². The molecule has 3 nitrogen and oxygen atoms in total. The largest absolute Gasteiger partial charge is 0.416 e. The van der Waals surface area contributed by atoms with E-state index in [-0.39, 0.29) is 11.9 Å². The number of hydrogen-bond acceptors (Lipinski definition) is 2. The number of nitrogens with one attached hydrogen (secondary N) is 2. The maximum Gasteiger partial charge on any atom is 0.416 e. The molecule has 1 rings (SSSR count). The minimum atomic E-state index is -4.33. The maximum absolute atomic E-state index is 12.5. The quantitative estimate of drug-likeness (QED) is 0.760. The number of carbonyl (C=O) groups excluding carboxylic acids is 1. The van der Waals surface area contributed by atoms with Crippen LogP contribution in [-0.4, -0.2) is 18.5 Å². The second kappa shape index (κ2) is 8.02. The van der Waals surface area contributed by atoms with Crippen molar-refractivity contribution in [1.82, 2.24) is 10.6 Å². The van der Waals surface area contributed by atoms with Gasteiger partial charge in [-0.1, -0.05) is 25.1 Å². The fourth-order valence-electron chi connectivity index (χ4n) is 1.74. The number of amides is 1. The van der Waals surface area contributed by atoms with Crippen LogP contribution in [0.4, 0.5) is 13.2 Å². The molecule has 21 heavy (non-hydrogen) atoms. The van der Waals surface area contributed by atoms with Crippen LogP contribution in [0.25, 0.3) is 0 Å².